The minimum atomic E-state index is -0.0503. The molecule has 9 heteroatoms. The summed E-state index contributed by atoms with van der Waals surface area (Å²) in [6, 6.07) is 19.7. The number of para-hydroxylation sites is 1. The van der Waals surface area contributed by atoms with E-state index < -0.39 is 0 Å². The number of nitrogens with one attached hydrogen (secondary N) is 1. The Labute approximate surface area is 216 Å². The van der Waals surface area contributed by atoms with Gasteiger partial charge in [-0.3, -0.25) is 9.59 Å². The molecule has 3 aromatic heterocycles. The normalized spacial score (nSPS) is 13.2. The van der Waals surface area contributed by atoms with Crippen molar-refractivity contribution in [1.29, 1.82) is 0 Å². The van der Waals surface area contributed by atoms with Crippen molar-refractivity contribution in [3.63, 3.8) is 0 Å². The highest BCUT2D eigenvalue weighted by Gasteiger charge is 2.25. The van der Waals surface area contributed by atoms with Crippen molar-refractivity contribution in [3.8, 4) is 5.69 Å². The van der Waals surface area contributed by atoms with Gasteiger partial charge in [-0.05, 0) is 55.4 Å². The molecule has 0 aliphatic heterocycles. The number of nitrogens with zero attached hydrogens (tertiary/aromatic N) is 4. The maximum absolute atomic E-state index is 13.8. The zero-order valence-corrected chi connectivity index (χ0v) is 21.3. The number of amides is 1. The summed E-state index contributed by atoms with van der Waals surface area (Å²) in [7, 11) is 0. The van der Waals surface area contributed by atoms with Gasteiger partial charge in [0.2, 0.25) is 11.7 Å². The largest absolute Gasteiger partial charge is 0.355 e. The molecule has 1 aliphatic carbocycles. The van der Waals surface area contributed by atoms with Crippen molar-refractivity contribution in [1.82, 2.24) is 24.5 Å². The molecular formula is C27H25N5O2S2. The molecule has 2 aromatic carbocycles. The summed E-state index contributed by atoms with van der Waals surface area (Å²) in [6.45, 7) is 0.583. The number of hydrogen-bond acceptors (Lipinski definition) is 6. The Bertz CT molecular complexity index is 1610. The second-order valence-electron chi connectivity index (χ2n) is 8.86. The number of thioether (sulfide) groups is 1. The lowest BCUT2D eigenvalue weighted by atomic mass is 9.97. The SMILES string of the molecule is O=C(CSc1nnc2n(-c3ccccc3)c(=O)c3c4c(sc3n12)CCCC4)NCCc1ccccc1. The van der Waals surface area contributed by atoms with Crippen molar-refractivity contribution in [3.05, 3.63) is 87.0 Å². The Morgan fingerprint density at radius 2 is 1.75 bits per heavy atom. The van der Waals surface area contributed by atoms with Crippen LogP contribution in [0.4, 0.5) is 0 Å². The number of carbonyl (C=O) groups is 1. The average Bonchev–Trinajstić information content (AvgIpc) is 3.50. The van der Waals surface area contributed by atoms with Gasteiger partial charge in [-0.2, -0.15) is 0 Å². The number of benzene rings is 2. The average molecular weight is 516 g/mol. The van der Waals surface area contributed by atoms with Crippen LogP contribution in [0.25, 0.3) is 21.7 Å². The first-order chi connectivity index (χ1) is 17.7. The number of carbonyl (C=O) groups excluding carboxylic acids is 1. The first-order valence-electron chi connectivity index (χ1n) is 12.1. The summed E-state index contributed by atoms with van der Waals surface area (Å²) in [4.78, 5) is 28.6. The highest BCUT2D eigenvalue weighted by atomic mass is 32.2. The van der Waals surface area contributed by atoms with Crippen LogP contribution in [-0.2, 0) is 24.1 Å². The standard InChI is InChI=1S/C27H25N5O2S2/c33-22(28-16-15-18-9-3-1-4-10-18)17-35-27-30-29-26-31(19-11-5-2-6-12-19)24(34)23-20-13-7-8-14-21(20)36-25(23)32(26)27/h1-6,9-12H,7-8,13-17H2,(H,28,33). The number of rotatable bonds is 7. The van der Waals surface area contributed by atoms with Gasteiger partial charge in [0, 0.05) is 11.4 Å². The fourth-order valence-electron chi connectivity index (χ4n) is 4.79. The number of aryl methyl sites for hydroxylation is 2. The third-order valence-corrected chi connectivity index (χ3v) is 8.72. The Balaban J connectivity index is 1.34. The van der Waals surface area contributed by atoms with Crippen LogP contribution in [0.2, 0.25) is 0 Å². The molecule has 0 bridgehead atoms. The van der Waals surface area contributed by atoms with Crippen LogP contribution >= 0.6 is 23.1 Å². The van der Waals surface area contributed by atoms with Crippen molar-refractivity contribution in [2.24, 2.45) is 0 Å². The summed E-state index contributed by atoms with van der Waals surface area (Å²) < 4.78 is 3.62. The highest BCUT2D eigenvalue weighted by molar-refractivity contribution is 7.99. The molecule has 1 aliphatic rings. The number of thiophene rings is 1. The predicted octanol–water partition coefficient (Wildman–Crippen LogP) is 4.42. The van der Waals surface area contributed by atoms with Gasteiger partial charge in [0.15, 0.2) is 5.16 Å². The molecule has 3 heterocycles. The molecule has 1 amide bonds. The molecule has 0 atom stereocenters. The fraction of sp³-hybridized carbons (Fsp3) is 0.259. The van der Waals surface area contributed by atoms with E-state index in [-0.39, 0.29) is 17.2 Å². The van der Waals surface area contributed by atoms with E-state index in [9.17, 15) is 9.59 Å². The van der Waals surface area contributed by atoms with Crippen LogP contribution in [0, 0.1) is 0 Å². The molecule has 6 rings (SSSR count). The van der Waals surface area contributed by atoms with E-state index in [4.69, 9.17) is 0 Å². The first kappa shape index (κ1) is 23.0. The Morgan fingerprint density at radius 1 is 1.00 bits per heavy atom. The minimum Gasteiger partial charge on any atom is -0.355 e. The van der Waals surface area contributed by atoms with E-state index in [1.54, 1.807) is 15.9 Å². The van der Waals surface area contributed by atoms with Gasteiger partial charge in [0.05, 0.1) is 16.8 Å². The summed E-state index contributed by atoms with van der Waals surface area (Å²) in [5.74, 6) is 0.655. The lowest BCUT2D eigenvalue weighted by molar-refractivity contribution is -0.118. The molecule has 182 valence electrons. The van der Waals surface area contributed by atoms with Crippen molar-refractivity contribution >= 4 is 45.0 Å². The van der Waals surface area contributed by atoms with Gasteiger partial charge in [-0.25, -0.2) is 8.97 Å². The second kappa shape index (κ2) is 9.91. The molecule has 0 saturated carbocycles. The molecule has 36 heavy (non-hydrogen) atoms. The van der Waals surface area contributed by atoms with Crippen LogP contribution in [0.15, 0.2) is 70.6 Å². The van der Waals surface area contributed by atoms with Gasteiger partial charge in [0.1, 0.15) is 4.83 Å². The molecule has 7 nitrogen and oxygen atoms in total. The van der Waals surface area contributed by atoms with Crippen LogP contribution in [-0.4, -0.2) is 37.4 Å². The topological polar surface area (TPSA) is 81.3 Å². The molecule has 5 aromatic rings. The van der Waals surface area contributed by atoms with Gasteiger partial charge < -0.3 is 5.32 Å². The fourth-order valence-corrected chi connectivity index (χ4v) is 6.99. The number of hydrogen-bond donors (Lipinski definition) is 1. The summed E-state index contributed by atoms with van der Waals surface area (Å²) in [5.41, 5.74) is 3.07. The number of aromatic nitrogens is 4. The van der Waals surface area contributed by atoms with Crippen LogP contribution < -0.4 is 10.9 Å². The van der Waals surface area contributed by atoms with Crippen LogP contribution in [0.1, 0.15) is 28.8 Å². The maximum Gasteiger partial charge on any atom is 0.268 e. The predicted molar refractivity (Wildman–Crippen MR) is 144 cm³/mol. The van der Waals surface area contributed by atoms with Crippen LogP contribution in [0.5, 0.6) is 0 Å². The van der Waals surface area contributed by atoms with E-state index in [1.165, 1.54) is 27.8 Å². The van der Waals surface area contributed by atoms with E-state index in [2.05, 4.69) is 27.6 Å². The number of fused-ring (bicyclic) bond motifs is 5. The van der Waals surface area contributed by atoms with E-state index >= 15 is 0 Å². The Hall–Kier alpha value is -3.43. The monoisotopic (exact) mass is 515 g/mol. The minimum absolute atomic E-state index is 0.0502. The smallest absolute Gasteiger partial charge is 0.268 e. The molecule has 0 unspecified atom stereocenters. The quantitative estimate of drug-likeness (QED) is 0.325. The Kier molecular flexibility index (Phi) is 6.33. The molecule has 1 N–H and O–H groups in total. The van der Waals surface area contributed by atoms with E-state index in [0.717, 1.165) is 48.0 Å². The second-order valence-corrected chi connectivity index (χ2v) is 10.9. The van der Waals surface area contributed by atoms with Crippen LogP contribution in [0.3, 0.4) is 0 Å². The lowest BCUT2D eigenvalue weighted by Gasteiger charge is -2.12. The molecule has 0 spiro atoms. The molecule has 0 radical (unpaired) electrons. The van der Waals surface area contributed by atoms with Crippen molar-refractivity contribution < 1.29 is 4.79 Å². The summed E-state index contributed by atoms with van der Waals surface area (Å²) in [5, 5.41) is 13.2. The first-order valence-corrected chi connectivity index (χ1v) is 13.9. The zero-order valence-electron chi connectivity index (χ0n) is 19.6. The third-order valence-electron chi connectivity index (χ3n) is 6.51. The van der Waals surface area contributed by atoms with Gasteiger partial charge in [-0.1, -0.05) is 60.3 Å². The third kappa shape index (κ3) is 4.22. The lowest BCUT2D eigenvalue weighted by Crippen LogP contribution is -2.27. The molecular weight excluding hydrogens is 490 g/mol. The van der Waals surface area contributed by atoms with Gasteiger partial charge in [0.25, 0.3) is 5.56 Å². The van der Waals surface area contributed by atoms with Gasteiger partial charge >= 0.3 is 0 Å². The van der Waals surface area contributed by atoms with E-state index in [1.807, 2.05) is 52.9 Å². The maximum atomic E-state index is 13.8. The summed E-state index contributed by atoms with van der Waals surface area (Å²) >= 11 is 3.02. The van der Waals surface area contributed by atoms with Gasteiger partial charge in [-0.15, -0.1) is 21.5 Å². The van der Waals surface area contributed by atoms with Crippen molar-refractivity contribution in [2.75, 3.05) is 12.3 Å². The van der Waals surface area contributed by atoms with E-state index in [0.29, 0.717) is 17.5 Å². The summed E-state index contributed by atoms with van der Waals surface area (Å²) in [6.07, 6.45) is 4.93. The highest BCUT2D eigenvalue weighted by Crippen LogP contribution is 2.36. The Morgan fingerprint density at radius 3 is 2.56 bits per heavy atom. The molecule has 0 fully saturated rings. The zero-order chi connectivity index (χ0) is 24.5. The van der Waals surface area contributed by atoms with Crippen molar-refractivity contribution in [2.45, 2.75) is 37.3 Å². The molecule has 0 saturated heterocycles.